The summed E-state index contributed by atoms with van der Waals surface area (Å²) in [6, 6.07) is 28.2. The highest BCUT2D eigenvalue weighted by atomic mass is 35.5. The minimum Gasteiger partial charge on any atom is -0.492 e. The number of amides is 2. The maximum Gasteiger partial charge on any atom is 0.264 e. The number of nitrogens with zero attached hydrogens (tertiary/aromatic N) is 1. The Morgan fingerprint density at radius 2 is 1.50 bits per heavy atom. The number of nitrogens with one attached hydrogen (secondary N) is 2. The molecule has 0 aliphatic heterocycles. The summed E-state index contributed by atoms with van der Waals surface area (Å²) in [5.74, 6) is -0.727. The first-order chi connectivity index (χ1) is 19.3. The number of carbonyl (C=O) groups is 2. The maximum absolute atomic E-state index is 13.8. The van der Waals surface area contributed by atoms with Crippen molar-refractivity contribution in [2.75, 3.05) is 22.8 Å². The summed E-state index contributed by atoms with van der Waals surface area (Å²) >= 11 is 5.97. The number of anilines is 2. The van der Waals surface area contributed by atoms with Crippen molar-refractivity contribution >= 4 is 44.8 Å². The molecule has 0 aromatic heterocycles. The van der Waals surface area contributed by atoms with E-state index in [-0.39, 0.29) is 27.7 Å². The fourth-order valence-corrected chi connectivity index (χ4v) is 5.52. The van der Waals surface area contributed by atoms with Gasteiger partial charge in [0.1, 0.15) is 12.3 Å². The van der Waals surface area contributed by atoms with E-state index in [1.54, 1.807) is 55.5 Å². The van der Waals surface area contributed by atoms with Crippen LogP contribution >= 0.6 is 11.6 Å². The Hall–Kier alpha value is -4.34. The molecule has 4 aromatic carbocycles. The van der Waals surface area contributed by atoms with Crippen molar-refractivity contribution in [2.24, 2.45) is 0 Å². The summed E-state index contributed by atoms with van der Waals surface area (Å²) in [7, 11) is -4.21. The number of hydrogen-bond acceptors (Lipinski definition) is 5. The van der Waals surface area contributed by atoms with E-state index in [0.29, 0.717) is 23.9 Å². The second-order valence-electron chi connectivity index (χ2n) is 8.63. The van der Waals surface area contributed by atoms with Crippen LogP contribution in [-0.4, -0.2) is 33.4 Å². The molecule has 0 radical (unpaired) electrons. The van der Waals surface area contributed by atoms with E-state index >= 15 is 0 Å². The van der Waals surface area contributed by atoms with Gasteiger partial charge in [-0.1, -0.05) is 66.2 Å². The summed E-state index contributed by atoms with van der Waals surface area (Å²) in [6.45, 7) is 1.81. The summed E-state index contributed by atoms with van der Waals surface area (Å²) in [6.07, 6.45) is 0. The van der Waals surface area contributed by atoms with Gasteiger partial charge in [0.05, 0.1) is 28.4 Å². The summed E-state index contributed by atoms with van der Waals surface area (Å²) in [4.78, 5) is 26.3. The van der Waals surface area contributed by atoms with Crippen LogP contribution in [0.25, 0.3) is 0 Å². The van der Waals surface area contributed by atoms with Crippen LogP contribution in [0.4, 0.5) is 11.4 Å². The third kappa shape index (κ3) is 6.99. The molecule has 0 saturated heterocycles. The van der Waals surface area contributed by atoms with E-state index in [9.17, 15) is 18.0 Å². The molecule has 4 aromatic rings. The van der Waals surface area contributed by atoms with Gasteiger partial charge < -0.3 is 15.4 Å². The molecule has 0 bridgehead atoms. The van der Waals surface area contributed by atoms with E-state index in [1.165, 1.54) is 24.3 Å². The van der Waals surface area contributed by atoms with Crippen molar-refractivity contribution in [3.05, 3.63) is 119 Å². The number of rotatable bonds is 11. The van der Waals surface area contributed by atoms with Crippen LogP contribution in [-0.2, 0) is 21.4 Å². The molecule has 2 amide bonds. The van der Waals surface area contributed by atoms with E-state index in [4.69, 9.17) is 16.3 Å². The minimum atomic E-state index is -4.21. The normalized spacial score (nSPS) is 10.9. The smallest absolute Gasteiger partial charge is 0.264 e. The highest BCUT2D eigenvalue weighted by molar-refractivity contribution is 7.92. The first-order valence-corrected chi connectivity index (χ1v) is 14.3. The Labute approximate surface area is 238 Å². The molecule has 0 saturated carbocycles. The molecule has 0 heterocycles. The van der Waals surface area contributed by atoms with Crippen LogP contribution in [0.15, 0.2) is 108 Å². The summed E-state index contributed by atoms with van der Waals surface area (Å²) < 4.78 is 34.2. The maximum atomic E-state index is 13.8. The van der Waals surface area contributed by atoms with Gasteiger partial charge in [0, 0.05) is 11.6 Å². The van der Waals surface area contributed by atoms with Crippen molar-refractivity contribution < 1.29 is 22.7 Å². The third-order valence-electron chi connectivity index (χ3n) is 5.86. The van der Waals surface area contributed by atoms with Crippen molar-refractivity contribution in [2.45, 2.75) is 18.4 Å². The molecule has 0 fully saturated rings. The largest absolute Gasteiger partial charge is 0.492 e. The number of hydrogen-bond donors (Lipinski definition) is 2. The Morgan fingerprint density at radius 1 is 0.850 bits per heavy atom. The van der Waals surface area contributed by atoms with Gasteiger partial charge in [0.15, 0.2) is 0 Å². The molecule has 40 heavy (non-hydrogen) atoms. The van der Waals surface area contributed by atoms with Gasteiger partial charge >= 0.3 is 0 Å². The van der Waals surface area contributed by atoms with Gasteiger partial charge in [-0.3, -0.25) is 13.9 Å². The lowest BCUT2D eigenvalue weighted by molar-refractivity contribution is -0.114. The highest BCUT2D eigenvalue weighted by Gasteiger charge is 2.30. The zero-order valence-electron chi connectivity index (χ0n) is 21.7. The number of halogens is 1. The van der Waals surface area contributed by atoms with Crippen LogP contribution < -0.4 is 19.7 Å². The van der Waals surface area contributed by atoms with E-state index in [1.807, 2.05) is 30.3 Å². The Balaban J connectivity index is 1.60. The number of benzene rings is 4. The lowest BCUT2D eigenvalue weighted by Gasteiger charge is -2.26. The zero-order chi connectivity index (χ0) is 28.5. The molecule has 0 aliphatic rings. The standard InChI is InChI=1S/C30H28ClN3O5S/c1-2-39-28-15-9-8-14-27(28)34(40(37,38)24-18-16-23(31)17-19-24)21-29(35)33-26-13-7-6-12-25(26)30(36)32-20-22-10-4-3-5-11-22/h3-19H,2,20-21H2,1H3,(H,32,36)(H,33,35). The van der Waals surface area contributed by atoms with Crippen LogP contribution in [0.1, 0.15) is 22.8 Å². The van der Waals surface area contributed by atoms with E-state index in [2.05, 4.69) is 10.6 Å². The first kappa shape index (κ1) is 28.7. The third-order valence-corrected chi connectivity index (χ3v) is 7.89. The molecular weight excluding hydrogens is 550 g/mol. The molecule has 4 rings (SSSR count). The first-order valence-electron chi connectivity index (χ1n) is 12.5. The van der Waals surface area contributed by atoms with Crippen LogP contribution in [0.3, 0.4) is 0 Å². The molecule has 0 unspecified atom stereocenters. The van der Waals surface area contributed by atoms with Crippen molar-refractivity contribution in [1.29, 1.82) is 0 Å². The fourth-order valence-electron chi connectivity index (χ4n) is 3.96. The Bertz CT molecular complexity index is 1580. The number of ether oxygens (including phenoxy) is 1. The average molecular weight is 578 g/mol. The van der Waals surface area contributed by atoms with Gasteiger partial charge in [-0.25, -0.2) is 8.42 Å². The number of sulfonamides is 1. The molecular formula is C30H28ClN3O5S. The SMILES string of the molecule is CCOc1ccccc1N(CC(=O)Nc1ccccc1C(=O)NCc1ccccc1)S(=O)(=O)c1ccc(Cl)cc1. The summed E-state index contributed by atoms with van der Waals surface area (Å²) in [5, 5.41) is 5.92. The van der Waals surface area contributed by atoms with E-state index in [0.717, 1.165) is 9.87 Å². The van der Waals surface area contributed by atoms with Crippen molar-refractivity contribution in [1.82, 2.24) is 5.32 Å². The van der Waals surface area contributed by atoms with Gasteiger partial charge in [0.25, 0.3) is 15.9 Å². The average Bonchev–Trinajstić information content (AvgIpc) is 2.96. The van der Waals surface area contributed by atoms with Gasteiger partial charge in [-0.2, -0.15) is 0 Å². The Kier molecular flexibility index (Phi) is 9.42. The van der Waals surface area contributed by atoms with Gasteiger partial charge in [-0.05, 0) is 61.0 Å². The number of carbonyl (C=O) groups excluding carboxylic acids is 2. The fraction of sp³-hybridized carbons (Fsp3) is 0.133. The second kappa shape index (κ2) is 13.1. The zero-order valence-corrected chi connectivity index (χ0v) is 23.3. The number of para-hydroxylation sites is 3. The predicted octanol–water partition coefficient (Wildman–Crippen LogP) is 5.50. The topological polar surface area (TPSA) is 105 Å². The molecule has 8 nitrogen and oxygen atoms in total. The molecule has 10 heteroatoms. The van der Waals surface area contributed by atoms with Crippen molar-refractivity contribution in [3.8, 4) is 5.75 Å². The van der Waals surface area contributed by atoms with Gasteiger partial charge in [0.2, 0.25) is 5.91 Å². The minimum absolute atomic E-state index is 0.0447. The molecule has 0 aliphatic carbocycles. The van der Waals surface area contributed by atoms with Crippen molar-refractivity contribution in [3.63, 3.8) is 0 Å². The quantitative estimate of drug-likeness (QED) is 0.245. The van der Waals surface area contributed by atoms with Crippen LogP contribution in [0.2, 0.25) is 5.02 Å². The molecule has 2 N–H and O–H groups in total. The lowest BCUT2D eigenvalue weighted by Crippen LogP contribution is -2.38. The van der Waals surface area contributed by atoms with E-state index < -0.39 is 22.5 Å². The second-order valence-corrected chi connectivity index (χ2v) is 10.9. The lowest BCUT2D eigenvalue weighted by atomic mass is 10.1. The molecule has 206 valence electrons. The molecule has 0 atom stereocenters. The van der Waals surface area contributed by atoms with Gasteiger partial charge in [-0.15, -0.1) is 0 Å². The molecule has 0 spiro atoms. The highest BCUT2D eigenvalue weighted by Crippen LogP contribution is 2.33. The monoisotopic (exact) mass is 577 g/mol. The predicted molar refractivity (Wildman–Crippen MR) is 156 cm³/mol. The summed E-state index contributed by atoms with van der Waals surface area (Å²) in [5.41, 5.74) is 1.62. The Morgan fingerprint density at radius 3 is 2.23 bits per heavy atom. The van der Waals surface area contributed by atoms with Crippen LogP contribution in [0, 0.1) is 0 Å². The van der Waals surface area contributed by atoms with Crippen LogP contribution in [0.5, 0.6) is 5.75 Å².